The third-order valence-electron chi connectivity index (χ3n) is 5.87. The predicted molar refractivity (Wildman–Crippen MR) is 98.1 cm³/mol. The minimum Gasteiger partial charge on any atom is -0.493 e. The van der Waals surface area contributed by atoms with E-state index in [1.54, 1.807) is 14.2 Å². The molecule has 1 aliphatic heterocycles. The molecule has 25 heavy (non-hydrogen) atoms. The van der Waals surface area contributed by atoms with Gasteiger partial charge in [0.1, 0.15) is 0 Å². The summed E-state index contributed by atoms with van der Waals surface area (Å²) in [6, 6.07) is 4.10. The van der Waals surface area contributed by atoms with Crippen LogP contribution < -0.4 is 15.2 Å². The number of amides is 1. The number of nitrogens with zero attached hydrogens (tertiary/aromatic N) is 1. The Balaban J connectivity index is 1.76. The van der Waals surface area contributed by atoms with Gasteiger partial charge in [0.25, 0.3) is 0 Å². The van der Waals surface area contributed by atoms with E-state index in [0.29, 0.717) is 0 Å². The average molecular weight is 346 g/mol. The van der Waals surface area contributed by atoms with Crippen LogP contribution in [0.3, 0.4) is 0 Å². The Kier molecular flexibility index (Phi) is 5.23. The standard InChI is InChI=1S/C20H30N2O3/c1-20(21)9-5-4-6-16(20)19(23)22-10-7-14-12-17(24-2)18(25-3)13-15(14)8-11-22/h12-13,16H,4-11,21H2,1-3H3. The number of methoxy groups -OCH3 is 2. The molecule has 1 aromatic rings. The van der Waals surface area contributed by atoms with E-state index < -0.39 is 0 Å². The largest absolute Gasteiger partial charge is 0.493 e. The van der Waals surface area contributed by atoms with E-state index in [9.17, 15) is 4.79 Å². The first-order valence-corrected chi connectivity index (χ1v) is 9.27. The molecule has 5 nitrogen and oxygen atoms in total. The molecular weight excluding hydrogens is 316 g/mol. The zero-order valence-corrected chi connectivity index (χ0v) is 15.6. The second-order valence-electron chi connectivity index (χ2n) is 7.61. The fourth-order valence-electron chi connectivity index (χ4n) is 4.26. The fourth-order valence-corrected chi connectivity index (χ4v) is 4.26. The van der Waals surface area contributed by atoms with Gasteiger partial charge in [0.15, 0.2) is 11.5 Å². The summed E-state index contributed by atoms with van der Waals surface area (Å²) < 4.78 is 10.8. The first kappa shape index (κ1) is 18.1. The number of carbonyl (C=O) groups excluding carboxylic acids is 1. The molecule has 2 N–H and O–H groups in total. The van der Waals surface area contributed by atoms with Gasteiger partial charge in [-0.05, 0) is 55.9 Å². The summed E-state index contributed by atoms with van der Waals surface area (Å²) in [5, 5.41) is 0. The highest BCUT2D eigenvalue weighted by Crippen LogP contribution is 2.35. The Morgan fingerprint density at radius 2 is 1.68 bits per heavy atom. The summed E-state index contributed by atoms with van der Waals surface area (Å²) in [6.07, 6.45) is 5.77. The molecule has 138 valence electrons. The van der Waals surface area contributed by atoms with Crippen LogP contribution in [0.4, 0.5) is 0 Å². The number of hydrogen-bond donors (Lipinski definition) is 1. The highest BCUT2D eigenvalue weighted by Gasteiger charge is 2.40. The summed E-state index contributed by atoms with van der Waals surface area (Å²) in [5.74, 6) is 1.69. The van der Waals surface area contributed by atoms with Crippen LogP contribution in [0.5, 0.6) is 11.5 Å². The number of hydrogen-bond acceptors (Lipinski definition) is 4. The van der Waals surface area contributed by atoms with Crippen LogP contribution in [0.15, 0.2) is 12.1 Å². The molecular formula is C20H30N2O3. The third-order valence-corrected chi connectivity index (χ3v) is 5.87. The molecule has 0 bridgehead atoms. The second-order valence-corrected chi connectivity index (χ2v) is 7.61. The number of fused-ring (bicyclic) bond motifs is 1. The molecule has 0 spiro atoms. The summed E-state index contributed by atoms with van der Waals surface area (Å²) in [7, 11) is 3.31. The normalized spacial score (nSPS) is 26.6. The molecule has 0 radical (unpaired) electrons. The minimum atomic E-state index is -0.374. The van der Waals surface area contributed by atoms with Crippen LogP contribution in [-0.2, 0) is 17.6 Å². The van der Waals surface area contributed by atoms with Crippen molar-refractivity contribution in [2.75, 3.05) is 27.3 Å². The highest BCUT2D eigenvalue weighted by atomic mass is 16.5. The van der Waals surface area contributed by atoms with Crippen molar-refractivity contribution in [3.63, 3.8) is 0 Å². The number of nitrogens with two attached hydrogens (primary N) is 1. The van der Waals surface area contributed by atoms with Gasteiger partial charge in [0, 0.05) is 18.6 Å². The lowest BCUT2D eigenvalue weighted by Crippen LogP contribution is -2.54. The van der Waals surface area contributed by atoms with Crippen LogP contribution in [0, 0.1) is 5.92 Å². The summed E-state index contributed by atoms with van der Waals surface area (Å²) in [4.78, 5) is 15.1. The van der Waals surface area contributed by atoms with Crippen LogP contribution >= 0.6 is 0 Å². The van der Waals surface area contributed by atoms with Gasteiger partial charge in [-0.3, -0.25) is 4.79 Å². The quantitative estimate of drug-likeness (QED) is 0.913. The van der Waals surface area contributed by atoms with Crippen molar-refractivity contribution in [3.8, 4) is 11.5 Å². The van der Waals surface area contributed by atoms with Crippen LogP contribution in [0.25, 0.3) is 0 Å². The first-order valence-electron chi connectivity index (χ1n) is 9.27. The number of ether oxygens (including phenoxy) is 2. The van der Waals surface area contributed by atoms with Gasteiger partial charge < -0.3 is 20.1 Å². The van der Waals surface area contributed by atoms with E-state index in [-0.39, 0.29) is 17.4 Å². The van der Waals surface area contributed by atoms with E-state index in [2.05, 4.69) is 12.1 Å². The van der Waals surface area contributed by atoms with E-state index in [1.807, 2.05) is 11.8 Å². The van der Waals surface area contributed by atoms with E-state index >= 15 is 0 Å². The number of benzene rings is 1. The molecule has 1 saturated carbocycles. The van der Waals surface area contributed by atoms with Crippen molar-refractivity contribution in [2.24, 2.45) is 11.7 Å². The Hall–Kier alpha value is -1.75. The van der Waals surface area contributed by atoms with Crippen molar-refractivity contribution >= 4 is 5.91 Å². The van der Waals surface area contributed by atoms with Crippen molar-refractivity contribution in [1.82, 2.24) is 4.90 Å². The smallest absolute Gasteiger partial charge is 0.227 e. The van der Waals surface area contributed by atoms with Gasteiger partial charge in [0.2, 0.25) is 5.91 Å². The Bertz CT molecular complexity index is 607. The van der Waals surface area contributed by atoms with Gasteiger partial charge in [-0.2, -0.15) is 0 Å². The molecule has 1 aromatic carbocycles. The van der Waals surface area contributed by atoms with Crippen molar-refractivity contribution in [3.05, 3.63) is 23.3 Å². The topological polar surface area (TPSA) is 64.8 Å². The molecule has 5 heteroatoms. The number of carbonyl (C=O) groups is 1. The fraction of sp³-hybridized carbons (Fsp3) is 0.650. The lowest BCUT2D eigenvalue weighted by atomic mass is 9.74. The second kappa shape index (κ2) is 7.24. The molecule has 1 amide bonds. The van der Waals surface area contributed by atoms with Crippen LogP contribution in [0.1, 0.15) is 43.7 Å². The molecule has 0 saturated heterocycles. The van der Waals surface area contributed by atoms with Gasteiger partial charge in [-0.1, -0.05) is 12.8 Å². The summed E-state index contributed by atoms with van der Waals surface area (Å²) >= 11 is 0. The number of rotatable bonds is 3. The molecule has 1 heterocycles. The minimum absolute atomic E-state index is 0.0495. The molecule has 2 atom stereocenters. The third kappa shape index (κ3) is 3.61. The molecule has 3 rings (SSSR count). The van der Waals surface area contributed by atoms with Gasteiger partial charge in [-0.15, -0.1) is 0 Å². The van der Waals surface area contributed by atoms with Crippen LogP contribution in [0.2, 0.25) is 0 Å². The first-order chi connectivity index (χ1) is 12.0. The van der Waals surface area contributed by atoms with Gasteiger partial charge in [0.05, 0.1) is 20.1 Å². The highest BCUT2D eigenvalue weighted by molar-refractivity contribution is 5.80. The van der Waals surface area contributed by atoms with Crippen molar-refractivity contribution in [1.29, 1.82) is 0 Å². The Labute approximate surface area is 150 Å². The molecule has 2 unspecified atom stereocenters. The summed E-state index contributed by atoms with van der Waals surface area (Å²) in [6.45, 7) is 3.53. The maximum atomic E-state index is 13.1. The van der Waals surface area contributed by atoms with E-state index in [4.69, 9.17) is 15.2 Å². The zero-order valence-electron chi connectivity index (χ0n) is 15.6. The van der Waals surface area contributed by atoms with Gasteiger partial charge in [-0.25, -0.2) is 0 Å². The van der Waals surface area contributed by atoms with E-state index in [0.717, 1.165) is 63.1 Å². The SMILES string of the molecule is COc1cc2c(cc1OC)CCN(C(=O)C1CCCCC1(C)N)CC2. The molecule has 1 aliphatic carbocycles. The van der Waals surface area contributed by atoms with Crippen molar-refractivity contribution < 1.29 is 14.3 Å². The van der Waals surface area contributed by atoms with Crippen LogP contribution in [-0.4, -0.2) is 43.7 Å². The average Bonchev–Trinajstić information content (AvgIpc) is 2.81. The lowest BCUT2D eigenvalue weighted by molar-refractivity contribution is -0.138. The monoisotopic (exact) mass is 346 g/mol. The zero-order chi connectivity index (χ0) is 18.0. The Morgan fingerprint density at radius 1 is 1.12 bits per heavy atom. The molecule has 1 fully saturated rings. The maximum absolute atomic E-state index is 13.1. The van der Waals surface area contributed by atoms with E-state index in [1.165, 1.54) is 11.1 Å². The maximum Gasteiger partial charge on any atom is 0.227 e. The molecule has 0 aromatic heterocycles. The van der Waals surface area contributed by atoms with Gasteiger partial charge >= 0.3 is 0 Å². The molecule has 2 aliphatic rings. The summed E-state index contributed by atoms with van der Waals surface area (Å²) in [5.41, 5.74) is 8.56. The Morgan fingerprint density at radius 3 is 2.16 bits per heavy atom. The van der Waals surface area contributed by atoms with Crippen molar-refractivity contribution in [2.45, 2.75) is 51.0 Å². The lowest BCUT2D eigenvalue weighted by Gasteiger charge is -2.39. The predicted octanol–water partition coefficient (Wildman–Crippen LogP) is 2.54.